The first kappa shape index (κ1) is 12.8. The Morgan fingerprint density at radius 3 is 2.53 bits per heavy atom. The van der Waals surface area contributed by atoms with E-state index in [2.05, 4.69) is 9.97 Å². The summed E-state index contributed by atoms with van der Waals surface area (Å²) in [4.78, 5) is 10.1. The number of nitriles is 1. The van der Waals surface area contributed by atoms with Crippen molar-refractivity contribution in [3.05, 3.63) is 47.9 Å². The Kier molecular flexibility index (Phi) is 3.94. The van der Waals surface area contributed by atoms with Crippen molar-refractivity contribution in [1.82, 2.24) is 9.97 Å². The molecule has 0 saturated heterocycles. The summed E-state index contributed by atoms with van der Waals surface area (Å²) in [5.74, 6) is 1.41. The van der Waals surface area contributed by atoms with Crippen molar-refractivity contribution in [3.8, 4) is 11.8 Å². The van der Waals surface area contributed by atoms with Gasteiger partial charge >= 0.3 is 0 Å². The van der Waals surface area contributed by atoms with Crippen LogP contribution in [0.3, 0.4) is 0 Å². The Morgan fingerprint density at radius 2 is 1.89 bits per heavy atom. The molecule has 1 aromatic heterocycles. The van der Waals surface area contributed by atoms with Crippen LogP contribution in [-0.2, 0) is 6.54 Å². The summed E-state index contributed by atoms with van der Waals surface area (Å²) in [6.45, 7) is 0.650. The standard InChI is InChI=1S/C14H14N4O/c1-18(14-13(9-15)16-7-8-17-14)10-11-3-5-12(19-2)6-4-11/h3-8H,10H2,1-2H3. The van der Waals surface area contributed by atoms with Crippen molar-refractivity contribution in [3.63, 3.8) is 0 Å². The zero-order chi connectivity index (χ0) is 13.7. The van der Waals surface area contributed by atoms with Crippen LogP contribution in [0.2, 0.25) is 0 Å². The molecule has 0 unspecified atom stereocenters. The van der Waals surface area contributed by atoms with Gasteiger partial charge in [-0.15, -0.1) is 0 Å². The highest BCUT2D eigenvalue weighted by atomic mass is 16.5. The minimum atomic E-state index is 0.332. The van der Waals surface area contributed by atoms with E-state index in [1.807, 2.05) is 42.3 Å². The lowest BCUT2D eigenvalue weighted by molar-refractivity contribution is 0.414. The lowest BCUT2D eigenvalue weighted by Crippen LogP contribution is -2.19. The van der Waals surface area contributed by atoms with E-state index in [1.54, 1.807) is 13.3 Å². The summed E-state index contributed by atoms with van der Waals surface area (Å²) in [5.41, 5.74) is 1.44. The molecule has 0 aliphatic rings. The number of hydrogen-bond acceptors (Lipinski definition) is 5. The minimum Gasteiger partial charge on any atom is -0.497 e. The quantitative estimate of drug-likeness (QED) is 0.835. The van der Waals surface area contributed by atoms with Gasteiger partial charge in [-0.1, -0.05) is 12.1 Å². The molecule has 0 N–H and O–H groups in total. The van der Waals surface area contributed by atoms with E-state index in [4.69, 9.17) is 10.00 Å². The van der Waals surface area contributed by atoms with Crippen LogP contribution in [0.15, 0.2) is 36.7 Å². The lowest BCUT2D eigenvalue weighted by Gasteiger charge is -2.18. The molecule has 1 heterocycles. The van der Waals surface area contributed by atoms with E-state index in [0.29, 0.717) is 18.1 Å². The van der Waals surface area contributed by atoms with E-state index >= 15 is 0 Å². The average molecular weight is 254 g/mol. The minimum absolute atomic E-state index is 0.332. The molecular formula is C14H14N4O. The number of anilines is 1. The molecule has 2 aromatic rings. The van der Waals surface area contributed by atoms with Gasteiger partial charge in [0.25, 0.3) is 0 Å². The fraction of sp³-hybridized carbons (Fsp3) is 0.214. The molecule has 0 radical (unpaired) electrons. The Hall–Kier alpha value is -2.61. The average Bonchev–Trinajstić information content (AvgIpc) is 2.48. The van der Waals surface area contributed by atoms with Crippen LogP contribution in [0, 0.1) is 11.3 Å². The van der Waals surface area contributed by atoms with Crippen LogP contribution < -0.4 is 9.64 Å². The zero-order valence-corrected chi connectivity index (χ0v) is 10.9. The second kappa shape index (κ2) is 5.83. The first-order valence-corrected chi connectivity index (χ1v) is 5.79. The van der Waals surface area contributed by atoms with Crippen molar-refractivity contribution in [2.45, 2.75) is 6.54 Å². The van der Waals surface area contributed by atoms with Gasteiger partial charge in [0.05, 0.1) is 7.11 Å². The molecule has 0 bridgehead atoms. The van der Waals surface area contributed by atoms with Crippen LogP contribution in [-0.4, -0.2) is 24.1 Å². The monoisotopic (exact) mass is 254 g/mol. The third-order valence-electron chi connectivity index (χ3n) is 2.73. The van der Waals surface area contributed by atoms with E-state index in [1.165, 1.54) is 6.20 Å². The Labute approximate surface area is 112 Å². The van der Waals surface area contributed by atoms with Crippen LogP contribution in [0.5, 0.6) is 5.75 Å². The molecule has 0 spiro atoms. The SMILES string of the molecule is COc1ccc(CN(C)c2nccnc2C#N)cc1. The molecule has 0 aliphatic heterocycles. The number of nitrogens with zero attached hydrogens (tertiary/aromatic N) is 4. The number of ether oxygens (including phenoxy) is 1. The summed E-state index contributed by atoms with van der Waals surface area (Å²) in [6.07, 6.45) is 3.10. The van der Waals surface area contributed by atoms with Gasteiger partial charge in [0, 0.05) is 26.0 Å². The highest BCUT2D eigenvalue weighted by molar-refractivity contribution is 5.49. The lowest BCUT2D eigenvalue weighted by atomic mass is 10.2. The van der Waals surface area contributed by atoms with Crippen molar-refractivity contribution in [2.75, 3.05) is 19.1 Å². The van der Waals surface area contributed by atoms with Gasteiger partial charge in [-0.3, -0.25) is 0 Å². The van der Waals surface area contributed by atoms with Gasteiger partial charge in [-0.05, 0) is 17.7 Å². The zero-order valence-electron chi connectivity index (χ0n) is 10.9. The summed E-state index contributed by atoms with van der Waals surface area (Å²) in [5, 5.41) is 9.01. The number of rotatable bonds is 4. The maximum absolute atomic E-state index is 9.01. The van der Waals surface area contributed by atoms with E-state index in [9.17, 15) is 0 Å². The fourth-order valence-electron chi connectivity index (χ4n) is 1.77. The molecule has 0 atom stereocenters. The summed E-state index contributed by atoms with van der Waals surface area (Å²) in [7, 11) is 3.52. The summed E-state index contributed by atoms with van der Waals surface area (Å²) in [6, 6.07) is 9.83. The maximum Gasteiger partial charge on any atom is 0.183 e. The molecule has 19 heavy (non-hydrogen) atoms. The molecule has 2 rings (SSSR count). The van der Waals surface area contributed by atoms with Gasteiger partial charge in [0.1, 0.15) is 11.8 Å². The molecular weight excluding hydrogens is 240 g/mol. The molecule has 0 saturated carbocycles. The van der Waals surface area contributed by atoms with E-state index in [0.717, 1.165) is 11.3 Å². The van der Waals surface area contributed by atoms with Crippen molar-refractivity contribution >= 4 is 5.82 Å². The molecule has 1 aromatic carbocycles. The predicted molar refractivity (Wildman–Crippen MR) is 71.8 cm³/mol. The molecule has 0 amide bonds. The smallest absolute Gasteiger partial charge is 0.183 e. The summed E-state index contributed by atoms with van der Waals surface area (Å²) < 4.78 is 5.12. The van der Waals surface area contributed by atoms with E-state index in [-0.39, 0.29) is 0 Å². The Balaban J connectivity index is 2.16. The summed E-state index contributed by atoms with van der Waals surface area (Å²) >= 11 is 0. The van der Waals surface area contributed by atoms with Crippen LogP contribution in [0.25, 0.3) is 0 Å². The number of methoxy groups -OCH3 is 1. The first-order chi connectivity index (χ1) is 9.24. The molecule has 5 nitrogen and oxygen atoms in total. The third-order valence-corrected chi connectivity index (χ3v) is 2.73. The van der Waals surface area contributed by atoms with Crippen molar-refractivity contribution in [1.29, 1.82) is 5.26 Å². The number of aromatic nitrogens is 2. The van der Waals surface area contributed by atoms with Crippen LogP contribution >= 0.6 is 0 Å². The third kappa shape index (κ3) is 2.99. The highest BCUT2D eigenvalue weighted by Gasteiger charge is 2.10. The van der Waals surface area contributed by atoms with Gasteiger partial charge < -0.3 is 9.64 Å². The highest BCUT2D eigenvalue weighted by Crippen LogP contribution is 2.17. The van der Waals surface area contributed by atoms with Crippen molar-refractivity contribution in [2.24, 2.45) is 0 Å². The molecule has 96 valence electrons. The predicted octanol–water partition coefficient (Wildman–Crippen LogP) is 1.99. The number of benzene rings is 1. The second-order valence-electron chi connectivity index (χ2n) is 4.04. The normalized spacial score (nSPS) is 9.74. The van der Waals surface area contributed by atoms with E-state index < -0.39 is 0 Å². The van der Waals surface area contributed by atoms with Gasteiger partial charge in [-0.25, -0.2) is 9.97 Å². The molecule has 0 fully saturated rings. The van der Waals surface area contributed by atoms with Crippen LogP contribution in [0.1, 0.15) is 11.3 Å². The maximum atomic E-state index is 9.01. The second-order valence-corrected chi connectivity index (χ2v) is 4.04. The molecule has 0 aliphatic carbocycles. The topological polar surface area (TPSA) is 62.0 Å². The van der Waals surface area contributed by atoms with Gasteiger partial charge in [0.15, 0.2) is 11.5 Å². The van der Waals surface area contributed by atoms with Gasteiger partial charge in [-0.2, -0.15) is 5.26 Å². The fourth-order valence-corrected chi connectivity index (χ4v) is 1.77. The Bertz CT molecular complexity index is 589. The Morgan fingerprint density at radius 1 is 1.21 bits per heavy atom. The number of hydrogen-bond donors (Lipinski definition) is 0. The van der Waals surface area contributed by atoms with Crippen molar-refractivity contribution < 1.29 is 4.74 Å². The van der Waals surface area contributed by atoms with Crippen LogP contribution in [0.4, 0.5) is 5.82 Å². The largest absolute Gasteiger partial charge is 0.497 e. The first-order valence-electron chi connectivity index (χ1n) is 5.79. The van der Waals surface area contributed by atoms with Gasteiger partial charge in [0.2, 0.25) is 0 Å². The molecule has 5 heteroatoms.